The number of aryl methyl sites for hydroxylation is 3. The highest BCUT2D eigenvalue weighted by Gasteiger charge is 2.11. The minimum Gasteiger partial charge on any atom is -0.373 e. The smallest absolute Gasteiger partial charge is 0.255 e. The van der Waals surface area contributed by atoms with Crippen molar-refractivity contribution in [2.75, 3.05) is 17.7 Å². The number of carbonyl (C=O) groups excluding carboxylic acids is 1. The van der Waals surface area contributed by atoms with Gasteiger partial charge in [-0.3, -0.25) is 4.79 Å². The van der Waals surface area contributed by atoms with Gasteiger partial charge in [-0.1, -0.05) is 6.07 Å². The van der Waals surface area contributed by atoms with Crippen LogP contribution in [0.25, 0.3) is 0 Å². The highest BCUT2D eigenvalue weighted by Crippen LogP contribution is 2.17. The van der Waals surface area contributed by atoms with Crippen molar-refractivity contribution in [3.63, 3.8) is 0 Å². The van der Waals surface area contributed by atoms with Crippen LogP contribution in [0.4, 0.5) is 11.5 Å². The van der Waals surface area contributed by atoms with Gasteiger partial charge in [0, 0.05) is 12.6 Å². The van der Waals surface area contributed by atoms with Crippen molar-refractivity contribution in [1.29, 1.82) is 0 Å². The molecule has 4 heteroatoms. The van der Waals surface area contributed by atoms with Crippen LogP contribution in [0.3, 0.4) is 0 Å². The molecule has 0 spiro atoms. The molecule has 0 bridgehead atoms. The van der Waals surface area contributed by atoms with Crippen molar-refractivity contribution in [3.05, 3.63) is 52.7 Å². The van der Waals surface area contributed by atoms with E-state index in [4.69, 9.17) is 0 Å². The Bertz CT molecular complexity index is 633. The standard InChI is InChI=1S/C16H19N3O/c1-10-7-12(3)14(8-11(10)2)16(20)19-13-5-6-15(17-4)18-9-13/h5-9H,1-4H3,(H,17,18)(H,19,20). The number of rotatable bonds is 3. The predicted molar refractivity (Wildman–Crippen MR) is 82.4 cm³/mol. The van der Waals surface area contributed by atoms with E-state index in [1.54, 1.807) is 13.2 Å². The molecular weight excluding hydrogens is 250 g/mol. The van der Waals surface area contributed by atoms with Crippen molar-refractivity contribution >= 4 is 17.4 Å². The summed E-state index contributed by atoms with van der Waals surface area (Å²) in [7, 11) is 1.80. The average molecular weight is 269 g/mol. The molecule has 1 amide bonds. The van der Waals surface area contributed by atoms with Crippen LogP contribution in [0.2, 0.25) is 0 Å². The second kappa shape index (κ2) is 5.74. The largest absolute Gasteiger partial charge is 0.373 e. The summed E-state index contributed by atoms with van der Waals surface area (Å²) >= 11 is 0. The number of hydrogen-bond acceptors (Lipinski definition) is 3. The van der Waals surface area contributed by atoms with E-state index in [1.807, 2.05) is 45.0 Å². The maximum absolute atomic E-state index is 12.3. The molecule has 1 aromatic heterocycles. The van der Waals surface area contributed by atoms with Crippen LogP contribution in [0.15, 0.2) is 30.5 Å². The Kier molecular flexibility index (Phi) is 4.03. The van der Waals surface area contributed by atoms with E-state index in [9.17, 15) is 4.79 Å². The SMILES string of the molecule is CNc1ccc(NC(=O)c2cc(C)c(C)cc2C)cn1. The highest BCUT2D eigenvalue weighted by molar-refractivity contribution is 6.05. The van der Waals surface area contributed by atoms with Gasteiger partial charge in [0.1, 0.15) is 5.82 Å². The molecule has 2 N–H and O–H groups in total. The summed E-state index contributed by atoms with van der Waals surface area (Å²) in [6.07, 6.45) is 1.64. The van der Waals surface area contributed by atoms with E-state index in [1.165, 1.54) is 5.56 Å². The van der Waals surface area contributed by atoms with Gasteiger partial charge in [-0.2, -0.15) is 0 Å². The number of carbonyl (C=O) groups is 1. The molecule has 0 aliphatic rings. The first-order chi connectivity index (χ1) is 9.51. The van der Waals surface area contributed by atoms with Crippen LogP contribution in [0.1, 0.15) is 27.0 Å². The van der Waals surface area contributed by atoms with Crippen LogP contribution in [0.5, 0.6) is 0 Å². The van der Waals surface area contributed by atoms with E-state index < -0.39 is 0 Å². The molecular formula is C16H19N3O. The average Bonchev–Trinajstić information content (AvgIpc) is 2.43. The van der Waals surface area contributed by atoms with Crippen LogP contribution in [-0.4, -0.2) is 17.9 Å². The van der Waals surface area contributed by atoms with E-state index in [0.717, 1.165) is 16.9 Å². The zero-order valence-electron chi connectivity index (χ0n) is 12.2. The molecule has 0 radical (unpaired) electrons. The van der Waals surface area contributed by atoms with Crippen molar-refractivity contribution in [3.8, 4) is 0 Å². The number of aromatic nitrogens is 1. The van der Waals surface area contributed by atoms with Gasteiger partial charge in [-0.05, 0) is 55.7 Å². The van der Waals surface area contributed by atoms with Crippen LogP contribution in [-0.2, 0) is 0 Å². The fourth-order valence-electron chi connectivity index (χ4n) is 2.02. The Labute approximate surface area is 119 Å². The number of pyridine rings is 1. The van der Waals surface area contributed by atoms with Crippen molar-refractivity contribution in [2.24, 2.45) is 0 Å². The third-order valence-electron chi connectivity index (χ3n) is 3.36. The maximum atomic E-state index is 12.3. The Morgan fingerprint density at radius 2 is 1.75 bits per heavy atom. The number of anilines is 2. The van der Waals surface area contributed by atoms with E-state index in [-0.39, 0.29) is 5.91 Å². The van der Waals surface area contributed by atoms with Gasteiger partial charge >= 0.3 is 0 Å². The first kappa shape index (κ1) is 14.1. The molecule has 2 rings (SSSR count). The fraction of sp³-hybridized carbons (Fsp3) is 0.250. The molecule has 4 nitrogen and oxygen atoms in total. The zero-order chi connectivity index (χ0) is 14.7. The van der Waals surface area contributed by atoms with Crippen LogP contribution >= 0.6 is 0 Å². The maximum Gasteiger partial charge on any atom is 0.255 e. The second-order valence-electron chi connectivity index (χ2n) is 4.89. The number of nitrogens with zero attached hydrogens (tertiary/aromatic N) is 1. The van der Waals surface area contributed by atoms with Gasteiger partial charge in [0.15, 0.2) is 0 Å². The van der Waals surface area contributed by atoms with Gasteiger partial charge in [0.25, 0.3) is 5.91 Å². The monoisotopic (exact) mass is 269 g/mol. The molecule has 1 heterocycles. The molecule has 0 unspecified atom stereocenters. The first-order valence-electron chi connectivity index (χ1n) is 6.54. The molecule has 0 saturated carbocycles. The molecule has 0 saturated heterocycles. The Morgan fingerprint density at radius 1 is 1.05 bits per heavy atom. The summed E-state index contributed by atoms with van der Waals surface area (Å²) in [6, 6.07) is 7.61. The highest BCUT2D eigenvalue weighted by atomic mass is 16.1. The lowest BCUT2D eigenvalue weighted by molar-refractivity contribution is 0.102. The Balaban J connectivity index is 2.21. The van der Waals surface area contributed by atoms with E-state index >= 15 is 0 Å². The third-order valence-corrected chi connectivity index (χ3v) is 3.36. The minimum atomic E-state index is -0.107. The van der Waals surface area contributed by atoms with Crippen molar-refractivity contribution in [2.45, 2.75) is 20.8 Å². The summed E-state index contributed by atoms with van der Waals surface area (Å²) in [6.45, 7) is 6.00. The van der Waals surface area contributed by atoms with Crippen LogP contribution < -0.4 is 10.6 Å². The topological polar surface area (TPSA) is 54.0 Å². The first-order valence-corrected chi connectivity index (χ1v) is 6.54. The Hall–Kier alpha value is -2.36. The molecule has 1 aromatic carbocycles. The van der Waals surface area contributed by atoms with Crippen LogP contribution in [0, 0.1) is 20.8 Å². The van der Waals surface area contributed by atoms with E-state index in [2.05, 4.69) is 15.6 Å². The quantitative estimate of drug-likeness (QED) is 0.899. The van der Waals surface area contributed by atoms with Gasteiger partial charge in [0.05, 0.1) is 11.9 Å². The molecule has 0 aliphatic heterocycles. The summed E-state index contributed by atoms with van der Waals surface area (Å²) in [5.41, 5.74) is 4.67. The van der Waals surface area contributed by atoms with Gasteiger partial charge in [-0.25, -0.2) is 4.98 Å². The normalized spacial score (nSPS) is 10.2. The molecule has 0 fully saturated rings. The molecule has 104 valence electrons. The molecule has 2 aromatic rings. The molecule has 20 heavy (non-hydrogen) atoms. The molecule has 0 atom stereocenters. The van der Waals surface area contributed by atoms with Crippen molar-refractivity contribution in [1.82, 2.24) is 4.98 Å². The zero-order valence-corrected chi connectivity index (χ0v) is 12.2. The summed E-state index contributed by atoms with van der Waals surface area (Å²) < 4.78 is 0. The lowest BCUT2D eigenvalue weighted by Gasteiger charge is -2.10. The number of benzene rings is 1. The van der Waals surface area contributed by atoms with Crippen molar-refractivity contribution < 1.29 is 4.79 Å². The van der Waals surface area contributed by atoms with Gasteiger partial charge in [-0.15, -0.1) is 0 Å². The summed E-state index contributed by atoms with van der Waals surface area (Å²) in [4.78, 5) is 16.5. The van der Waals surface area contributed by atoms with Gasteiger partial charge in [0.2, 0.25) is 0 Å². The second-order valence-corrected chi connectivity index (χ2v) is 4.89. The minimum absolute atomic E-state index is 0.107. The summed E-state index contributed by atoms with van der Waals surface area (Å²) in [5, 5.41) is 5.81. The number of hydrogen-bond donors (Lipinski definition) is 2. The van der Waals surface area contributed by atoms with E-state index in [0.29, 0.717) is 11.3 Å². The lowest BCUT2D eigenvalue weighted by Crippen LogP contribution is -2.14. The number of nitrogens with one attached hydrogen (secondary N) is 2. The predicted octanol–water partition coefficient (Wildman–Crippen LogP) is 3.30. The van der Waals surface area contributed by atoms with Gasteiger partial charge < -0.3 is 10.6 Å². The fourth-order valence-corrected chi connectivity index (χ4v) is 2.02. The lowest BCUT2D eigenvalue weighted by atomic mass is 10.0. The third kappa shape index (κ3) is 2.96. The summed E-state index contributed by atoms with van der Waals surface area (Å²) in [5.74, 6) is 0.662. The Morgan fingerprint density at radius 3 is 2.35 bits per heavy atom. The molecule has 0 aliphatic carbocycles. The number of amides is 1.